The van der Waals surface area contributed by atoms with Crippen LogP contribution in [-0.2, 0) is 14.4 Å². The van der Waals surface area contributed by atoms with Crippen LogP contribution in [0.15, 0.2) is 24.3 Å². The van der Waals surface area contributed by atoms with Gasteiger partial charge in [-0.25, -0.2) is 4.39 Å². The number of amides is 3. The predicted molar refractivity (Wildman–Crippen MR) is 126 cm³/mol. The van der Waals surface area contributed by atoms with E-state index in [2.05, 4.69) is 0 Å². The molecule has 1 aromatic rings. The second-order valence-electron chi connectivity index (χ2n) is 9.77. The lowest BCUT2D eigenvalue weighted by atomic mass is 9.90. The highest BCUT2D eigenvalue weighted by Crippen LogP contribution is 2.27. The lowest BCUT2D eigenvalue weighted by Gasteiger charge is -2.40. The van der Waals surface area contributed by atoms with Crippen molar-refractivity contribution in [2.45, 2.75) is 63.9 Å². The maximum absolute atomic E-state index is 13.3. The molecule has 186 valence electrons. The molecule has 3 saturated heterocycles. The van der Waals surface area contributed by atoms with Gasteiger partial charge in [0, 0.05) is 57.9 Å². The normalized spacial score (nSPS) is 24.0. The van der Waals surface area contributed by atoms with E-state index in [9.17, 15) is 18.8 Å². The molecule has 0 unspecified atom stereocenters. The molecule has 0 radical (unpaired) electrons. The summed E-state index contributed by atoms with van der Waals surface area (Å²) in [6.45, 7) is 3.25. The molecule has 3 amide bonds. The lowest BCUT2D eigenvalue weighted by molar-refractivity contribution is -0.143. The third-order valence-electron chi connectivity index (χ3n) is 7.26. The van der Waals surface area contributed by atoms with Crippen LogP contribution in [-0.4, -0.2) is 77.8 Å². The summed E-state index contributed by atoms with van der Waals surface area (Å²) in [7, 11) is 0. The monoisotopic (exact) mass is 473 g/mol. The molecule has 0 bridgehead atoms. The minimum absolute atomic E-state index is 0.0530. The van der Waals surface area contributed by atoms with Crippen LogP contribution in [0.25, 0.3) is 0 Å². The van der Waals surface area contributed by atoms with Crippen LogP contribution >= 0.6 is 0 Å². The Labute approximate surface area is 201 Å². The number of carbonyl (C=O) groups excluding carboxylic acids is 3. The summed E-state index contributed by atoms with van der Waals surface area (Å²) in [6, 6.07) is 5.92. The number of benzene rings is 1. The third-order valence-corrected chi connectivity index (χ3v) is 7.26. The maximum Gasteiger partial charge on any atom is 0.242 e. The second kappa shape index (κ2) is 11.7. The molecule has 2 atom stereocenters. The minimum Gasteiger partial charge on any atom is -0.490 e. The van der Waals surface area contributed by atoms with Gasteiger partial charge in [-0.2, -0.15) is 0 Å². The standard InChI is InChI=1S/C26H36FN3O4/c27-21-8-10-22(11-9-21)34-23-12-16-30(26(33)19-29-15-4-1-3-7-24(29)31)18-20(23)17-25(32)28-13-5-2-6-14-28/h8-11,20,23H,1-7,12-19H2/t20-,23-/m0/s1. The fraction of sp³-hybridized carbons (Fsp3) is 0.654. The Kier molecular flexibility index (Phi) is 8.40. The highest BCUT2D eigenvalue weighted by molar-refractivity contribution is 5.85. The van der Waals surface area contributed by atoms with Crippen LogP contribution in [0.3, 0.4) is 0 Å². The Morgan fingerprint density at radius 1 is 0.882 bits per heavy atom. The molecule has 34 heavy (non-hydrogen) atoms. The van der Waals surface area contributed by atoms with Crippen molar-refractivity contribution in [2.24, 2.45) is 5.92 Å². The molecular weight excluding hydrogens is 437 g/mol. The third kappa shape index (κ3) is 6.48. The Hall–Kier alpha value is -2.64. The minimum atomic E-state index is -0.326. The topological polar surface area (TPSA) is 70.2 Å². The van der Waals surface area contributed by atoms with Crippen molar-refractivity contribution in [2.75, 3.05) is 39.3 Å². The Bertz CT molecular complexity index is 856. The van der Waals surface area contributed by atoms with Crippen LogP contribution < -0.4 is 4.74 Å². The Morgan fingerprint density at radius 3 is 2.35 bits per heavy atom. The van der Waals surface area contributed by atoms with Crippen molar-refractivity contribution < 1.29 is 23.5 Å². The number of ether oxygens (including phenoxy) is 1. The zero-order valence-electron chi connectivity index (χ0n) is 19.9. The summed E-state index contributed by atoms with van der Waals surface area (Å²) >= 11 is 0. The highest BCUT2D eigenvalue weighted by atomic mass is 19.1. The van der Waals surface area contributed by atoms with Crippen LogP contribution in [0.4, 0.5) is 4.39 Å². The number of hydrogen-bond donors (Lipinski definition) is 0. The highest BCUT2D eigenvalue weighted by Gasteiger charge is 2.36. The largest absolute Gasteiger partial charge is 0.490 e. The number of nitrogens with zero attached hydrogens (tertiary/aromatic N) is 3. The van der Waals surface area contributed by atoms with Gasteiger partial charge in [0.15, 0.2) is 0 Å². The first-order valence-corrected chi connectivity index (χ1v) is 12.7. The molecule has 3 fully saturated rings. The number of carbonyl (C=O) groups is 3. The molecule has 0 N–H and O–H groups in total. The van der Waals surface area contributed by atoms with E-state index in [-0.39, 0.29) is 42.1 Å². The SMILES string of the molecule is O=C(C[C@H]1CN(C(=O)CN2CCCCCC2=O)CC[C@@H]1Oc1ccc(F)cc1)N1CCCCC1. The van der Waals surface area contributed by atoms with Crippen molar-refractivity contribution in [3.05, 3.63) is 30.1 Å². The molecule has 0 spiro atoms. The molecule has 0 aromatic heterocycles. The van der Waals surface area contributed by atoms with Gasteiger partial charge in [-0.3, -0.25) is 14.4 Å². The zero-order valence-corrected chi connectivity index (χ0v) is 19.9. The van der Waals surface area contributed by atoms with Gasteiger partial charge >= 0.3 is 0 Å². The van der Waals surface area contributed by atoms with E-state index >= 15 is 0 Å². The summed E-state index contributed by atoms with van der Waals surface area (Å²) in [5.41, 5.74) is 0. The van der Waals surface area contributed by atoms with Gasteiger partial charge in [-0.05, 0) is 56.4 Å². The van der Waals surface area contributed by atoms with Gasteiger partial charge in [-0.15, -0.1) is 0 Å². The van der Waals surface area contributed by atoms with E-state index in [1.54, 1.807) is 21.9 Å². The average molecular weight is 474 g/mol. The summed E-state index contributed by atoms with van der Waals surface area (Å²) < 4.78 is 19.5. The van der Waals surface area contributed by atoms with E-state index in [0.29, 0.717) is 44.6 Å². The van der Waals surface area contributed by atoms with Crippen molar-refractivity contribution in [3.8, 4) is 5.75 Å². The quantitative estimate of drug-likeness (QED) is 0.636. The molecular formula is C26H36FN3O4. The molecule has 3 aliphatic heterocycles. The molecule has 8 heteroatoms. The summed E-state index contributed by atoms with van der Waals surface area (Å²) in [5, 5.41) is 0. The van der Waals surface area contributed by atoms with E-state index in [0.717, 1.165) is 51.6 Å². The first kappa shape index (κ1) is 24.5. The van der Waals surface area contributed by atoms with Crippen molar-refractivity contribution >= 4 is 17.7 Å². The van der Waals surface area contributed by atoms with Gasteiger partial charge in [-0.1, -0.05) is 6.42 Å². The number of piperidine rings is 2. The Balaban J connectivity index is 1.42. The molecule has 4 rings (SSSR count). The first-order chi connectivity index (χ1) is 16.5. The fourth-order valence-electron chi connectivity index (χ4n) is 5.24. The van der Waals surface area contributed by atoms with Crippen LogP contribution in [0.1, 0.15) is 57.8 Å². The van der Waals surface area contributed by atoms with E-state index < -0.39 is 0 Å². The van der Waals surface area contributed by atoms with Gasteiger partial charge in [0.2, 0.25) is 17.7 Å². The maximum atomic E-state index is 13.3. The molecule has 1 aromatic carbocycles. The summed E-state index contributed by atoms with van der Waals surface area (Å²) in [6.07, 6.45) is 7.23. The predicted octanol–water partition coefficient (Wildman–Crippen LogP) is 3.23. The molecule has 0 saturated carbocycles. The number of rotatable bonds is 6. The second-order valence-corrected chi connectivity index (χ2v) is 9.77. The fourth-order valence-corrected chi connectivity index (χ4v) is 5.24. The smallest absolute Gasteiger partial charge is 0.242 e. The average Bonchev–Trinajstić information content (AvgIpc) is 3.06. The zero-order chi connectivity index (χ0) is 23.9. The first-order valence-electron chi connectivity index (χ1n) is 12.7. The lowest BCUT2D eigenvalue weighted by Crippen LogP contribution is -2.52. The van der Waals surface area contributed by atoms with Crippen molar-refractivity contribution in [1.82, 2.24) is 14.7 Å². The van der Waals surface area contributed by atoms with Crippen molar-refractivity contribution in [1.29, 1.82) is 0 Å². The summed E-state index contributed by atoms with van der Waals surface area (Å²) in [4.78, 5) is 43.9. The van der Waals surface area contributed by atoms with Crippen LogP contribution in [0.5, 0.6) is 5.75 Å². The molecule has 3 aliphatic rings. The van der Waals surface area contributed by atoms with E-state index in [4.69, 9.17) is 4.74 Å². The molecule has 7 nitrogen and oxygen atoms in total. The van der Waals surface area contributed by atoms with Crippen LogP contribution in [0, 0.1) is 11.7 Å². The van der Waals surface area contributed by atoms with Gasteiger partial charge in [0.1, 0.15) is 17.7 Å². The Morgan fingerprint density at radius 2 is 1.59 bits per heavy atom. The van der Waals surface area contributed by atoms with Gasteiger partial charge in [0.25, 0.3) is 0 Å². The van der Waals surface area contributed by atoms with Gasteiger partial charge < -0.3 is 19.4 Å². The van der Waals surface area contributed by atoms with E-state index in [1.807, 2.05) is 4.90 Å². The summed E-state index contributed by atoms with van der Waals surface area (Å²) in [5.74, 6) is 0.180. The number of hydrogen-bond acceptors (Lipinski definition) is 4. The number of likely N-dealkylation sites (tertiary alicyclic amines) is 3. The van der Waals surface area contributed by atoms with Crippen LogP contribution in [0.2, 0.25) is 0 Å². The van der Waals surface area contributed by atoms with Gasteiger partial charge in [0.05, 0.1) is 6.54 Å². The molecule has 0 aliphatic carbocycles. The number of halogens is 1. The molecule has 3 heterocycles. The van der Waals surface area contributed by atoms with Crippen molar-refractivity contribution in [3.63, 3.8) is 0 Å². The van der Waals surface area contributed by atoms with E-state index in [1.165, 1.54) is 12.1 Å².